The van der Waals surface area contributed by atoms with Crippen molar-refractivity contribution in [1.82, 2.24) is 0 Å². The molecule has 0 spiro atoms. The summed E-state index contributed by atoms with van der Waals surface area (Å²) in [6.07, 6.45) is 0. The maximum Gasteiger partial charge on any atom is 0.0723 e. The van der Waals surface area contributed by atoms with Gasteiger partial charge < -0.3 is 0 Å². The molecule has 0 atom stereocenters. The van der Waals surface area contributed by atoms with Crippen LogP contribution in [0.2, 0.25) is 0 Å². The Balaban J connectivity index is 2.07. The molecule has 0 nitrogen and oxygen atoms in total. The lowest BCUT2D eigenvalue weighted by molar-refractivity contribution is 0.736. The maximum atomic E-state index is 4.68. The minimum Gasteiger partial charge on any atom is -0.143 e. The summed E-state index contributed by atoms with van der Waals surface area (Å²) in [6.45, 7) is 8.91. The van der Waals surface area contributed by atoms with E-state index in [0.29, 0.717) is 0 Å². The van der Waals surface area contributed by atoms with Crippen molar-refractivity contribution in [2.24, 2.45) is 0 Å². The fourth-order valence-corrected chi connectivity index (χ4v) is 6.74. The second-order valence-electron chi connectivity index (χ2n) is 8.75. The quantitative estimate of drug-likeness (QED) is 0.257. The van der Waals surface area contributed by atoms with Crippen LogP contribution in [-0.2, 0) is 5.41 Å². The van der Waals surface area contributed by atoms with E-state index < -0.39 is 0 Å². The highest BCUT2D eigenvalue weighted by atomic mass is 32.1. The lowest BCUT2D eigenvalue weighted by atomic mass is 9.63. The van der Waals surface area contributed by atoms with Gasteiger partial charge in [0.25, 0.3) is 0 Å². The Bertz CT molecular complexity index is 1200. The summed E-state index contributed by atoms with van der Waals surface area (Å²) in [5.74, 6) is 0. The second kappa shape index (κ2) is 7.32. The van der Waals surface area contributed by atoms with Crippen LogP contribution >= 0.6 is 25.3 Å². The van der Waals surface area contributed by atoms with E-state index >= 15 is 0 Å². The molecule has 0 unspecified atom stereocenters. The molecule has 1 aliphatic rings. The normalized spacial score (nSPS) is 13.7. The number of fused-ring (bicyclic) bond motifs is 3. The average molecular weight is 439 g/mol. The van der Waals surface area contributed by atoms with E-state index in [4.69, 9.17) is 0 Å². The molecule has 0 radical (unpaired) electrons. The van der Waals surface area contributed by atoms with Crippen molar-refractivity contribution in [2.45, 2.75) is 42.9 Å². The first kappa shape index (κ1) is 20.5. The zero-order valence-electron chi connectivity index (χ0n) is 18.3. The third-order valence-electron chi connectivity index (χ3n) is 6.74. The third kappa shape index (κ3) is 2.85. The first-order chi connectivity index (χ1) is 14.9. The van der Waals surface area contributed by atoms with Gasteiger partial charge in [-0.25, -0.2) is 0 Å². The number of rotatable bonds is 2. The summed E-state index contributed by atoms with van der Waals surface area (Å²) in [5.41, 5.74) is 12.8. The third-order valence-corrected chi connectivity index (χ3v) is 7.25. The van der Waals surface area contributed by atoms with Crippen molar-refractivity contribution >= 4 is 25.3 Å². The van der Waals surface area contributed by atoms with Gasteiger partial charge in [-0.15, -0.1) is 25.3 Å². The first-order valence-electron chi connectivity index (χ1n) is 10.7. The molecule has 0 N–H and O–H groups in total. The minimum atomic E-state index is -0.377. The molecule has 5 rings (SSSR count). The molecule has 0 saturated heterocycles. The molecular weight excluding hydrogens is 412 g/mol. The highest BCUT2D eigenvalue weighted by Gasteiger charge is 2.48. The van der Waals surface area contributed by atoms with Crippen molar-refractivity contribution in [3.05, 3.63) is 117 Å². The van der Waals surface area contributed by atoms with Crippen LogP contribution in [0.25, 0.3) is 11.1 Å². The van der Waals surface area contributed by atoms with Crippen LogP contribution in [0.1, 0.15) is 44.5 Å². The van der Waals surface area contributed by atoms with Crippen LogP contribution in [-0.4, -0.2) is 0 Å². The molecule has 0 aliphatic heterocycles. The maximum absolute atomic E-state index is 4.68. The van der Waals surface area contributed by atoms with Gasteiger partial charge in [0.15, 0.2) is 0 Å². The summed E-state index contributed by atoms with van der Waals surface area (Å²) in [6, 6.07) is 26.6. The van der Waals surface area contributed by atoms with Gasteiger partial charge in [-0.3, -0.25) is 0 Å². The van der Waals surface area contributed by atoms with Gasteiger partial charge >= 0.3 is 0 Å². The Morgan fingerprint density at radius 3 is 1.19 bits per heavy atom. The first-order valence-corrected chi connectivity index (χ1v) is 11.6. The van der Waals surface area contributed by atoms with E-state index in [1.165, 1.54) is 55.6 Å². The van der Waals surface area contributed by atoms with Gasteiger partial charge in [-0.05, 0) is 108 Å². The topological polar surface area (TPSA) is 0 Å². The van der Waals surface area contributed by atoms with Gasteiger partial charge in [0.05, 0.1) is 5.41 Å². The predicted octanol–water partition coefficient (Wildman–Crippen LogP) is 7.86. The fraction of sp³-hybridized carbons (Fsp3) is 0.172. The molecule has 0 amide bonds. The van der Waals surface area contributed by atoms with E-state index in [1.807, 2.05) is 0 Å². The van der Waals surface area contributed by atoms with Gasteiger partial charge in [0.2, 0.25) is 0 Å². The summed E-state index contributed by atoms with van der Waals surface area (Å²) in [5, 5.41) is 0. The van der Waals surface area contributed by atoms with Gasteiger partial charge in [0, 0.05) is 9.79 Å². The molecule has 0 bridgehead atoms. The van der Waals surface area contributed by atoms with E-state index in [0.717, 1.165) is 9.79 Å². The zero-order valence-corrected chi connectivity index (χ0v) is 20.1. The Hall–Kier alpha value is -2.42. The van der Waals surface area contributed by atoms with Crippen LogP contribution in [0.15, 0.2) is 82.6 Å². The van der Waals surface area contributed by atoms with Crippen molar-refractivity contribution in [3.8, 4) is 11.1 Å². The Morgan fingerprint density at radius 2 is 0.839 bits per heavy atom. The van der Waals surface area contributed by atoms with E-state index in [2.05, 4.69) is 126 Å². The molecule has 1 aliphatic carbocycles. The molecule has 0 heterocycles. The predicted molar refractivity (Wildman–Crippen MR) is 137 cm³/mol. The van der Waals surface area contributed by atoms with Crippen molar-refractivity contribution in [2.75, 3.05) is 0 Å². The summed E-state index contributed by atoms with van der Waals surface area (Å²) < 4.78 is 0. The monoisotopic (exact) mass is 438 g/mol. The molecule has 2 heteroatoms. The van der Waals surface area contributed by atoms with Crippen LogP contribution < -0.4 is 0 Å². The number of benzene rings is 4. The Labute approximate surface area is 196 Å². The van der Waals surface area contributed by atoms with Crippen molar-refractivity contribution in [3.63, 3.8) is 0 Å². The molecule has 0 saturated carbocycles. The van der Waals surface area contributed by atoms with Crippen LogP contribution in [0.4, 0.5) is 0 Å². The van der Waals surface area contributed by atoms with Gasteiger partial charge in [-0.1, -0.05) is 48.5 Å². The molecule has 0 fully saturated rings. The lowest BCUT2D eigenvalue weighted by Crippen LogP contribution is -2.32. The smallest absolute Gasteiger partial charge is 0.0723 e. The van der Waals surface area contributed by atoms with Crippen LogP contribution in [0.3, 0.4) is 0 Å². The van der Waals surface area contributed by atoms with Gasteiger partial charge in [0.1, 0.15) is 0 Å². The molecule has 31 heavy (non-hydrogen) atoms. The van der Waals surface area contributed by atoms with Crippen molar-refractivity contribution in [1.29, 1.82) is 0 Å². The lowest BCUT2D eigenvalue weighted by Gasteiger charge is -2.38. The Morgan fingerprint density at radius 1 is 0.516 bits per heavy atom. The van der Waals surface area contributed by atoms with Crippen LogP contribution in [0, 0.1) is 27.7 Å². The van der Waals surface area contributed by atoms with E-state index in [1.54, 1.807) is 0 Å². The minimum absolute atomic E-state index is 0.377. The van der Waals surface area contributed by atoms with E-state index in [-0.39, 0.29) is 5.41 Å². The highest BCUT2D eigenvalue weighted by Crippen LogP contribution is 2.58. The highest BCUT2D eigenvalue weighted by molar-refractivity contribution is 7.80. The summed E-state index contributed by atoms with van der Waals surface area (Å²) in [4.78, 5) is 2.01. The molecule has 0 aromatic heterocycles. The molecule has 4 aromatic rings. The average Bonchev–Trinajstić information content (AvgIpc) is 2.98. The number of hydrogen-bond donors (Lipinski definition) is 2. The fourth-order valence-electron chi connectivity index (χ4n) is 5.96. The van der Waals surface area contributed by atoms with E-state index in [9.17, 15) is 0 Å². The van der Waals surface area contributed by atoms with Gasteiger partial charge in [-0.2, -0.15) is 0 Å². The largest absolute Gasteiger partial charge is 0.143 e. The molecule has 4 aromatic carbocycles. The summed E-state index contributed by atoms with van der Waals surface area (Å²) in [7, 11) is 0. The SMILES string of the molecule is Cc1cc(S)cc(C)c1C1(c2c(C)cc(S)cc2C)c2ccccc2-c2ccccc21. The molecular formula is C29H26S2. The van der Waals surface area contributed by atoms with Crippen molar-refractivity contribution < 1.29 is 0 Å². The van der Waals surface area contributed by atoms with Crippen LogP contribution in [0.5, 0.6) is 0 Å². The summed E-state index contributed by atoms with van der Waals surface area (Å²) >= 11 is 9.37. The number of thiol groups is 2. The second-order valence-corrected chi connectivity index (χ2v) is 9.78. The number of aryl methyl sites for hydroxylation is 4. The standard InChI is InChI=1S/C29H26S2/c1-17-13-21(30)14-18(2)27(17)29(28-19(3)15-22(31)16-20(28)4)25-11-7-5-9-23(25)24-10-6-8-12-26(24)29/h5-16,30-31H,1-4H3. The number of hydrogen-bond acceptors (Lipinski definition) is 2. The molecule has 154 valence electrons. The Kier molecular flexibility index (Phi) is 4.84. The zero-order chi connectivity index (χ0) is 21.9.